The number of hydrogen-bond acceptors (Lipinski definition) is 3. The Bertz CT molecular complexity index is 399. The summed E-state index contributed by atoms with van der Waals surface area (Å²) in [6, 6.07) is 1.56. The lowest BCUT2D eigenvalue weighted by atomic mass is 9.96. The van der Waals surface area contributed by atoms with E-state index in [1.165, 1.54) is 14.2 Å². The molecular weight excluding hydrogens is 289 g/mol. The van der Waals surface area contributed by atoms with Crippen molar-refractivity contribution >= 4 is 15.9 Å². The van der Waals surface area contributed by atoms with Gasteiger partial charge >= 0.3 is 0 Å². The zero-order chi connectivity index (χ0) is 13.0. The zero-order valence-electron chi connectivity index (χ0n) is 10.2. The molecule has 0 aliphatic heterocycles. The lowest BCUT2D eigenvalue weighted by Gasteiger charge is -2.19. The van der Waals surface area contributed by atoms with E-state index in [0.717, 1.165) is 0 Å². The van der Waals surface area contributed by atoms with Crippen LogP contribution in [0.1, 0.15) is 24.8 Å². The predicted octanol–water partition coefficient (Wildman–Crippen LogP) is 3.06. The molecule has 0 aliphatic carbocycles. The number of nitrogens with two attached hydrogens (primary N) is 1. The molecule has 0 saturated heterocycles. The Hall–Kier alpha value is -0.810. The average molecular weight is 306 g/mol. The van der Waals surface area contributed by atoms with Crippen LogP contribution < -0.4 is 15.2 Å². The third-order valence-corrected chi connectivity index (χ3v) is 3.27. The Morgan fingerprint density at radius 1 is 1.41 bits per heavy atom. The summed E-state index contributed by atoms with van der Waals surface area (Å²) in [5.41, 5.74) is 6.01. The summed E-state index contributed by atoms with van der Waals surface area (Å²) in [4.78, 5) is 0. The Kier molecular flexibility index (Phi) is 5.21. The molecule has 1 atom stereocenters. The highest BCUT2D eigenvalue weighted by Gasteiger charge is 2.22. The normalized spacial score (nSPS) is 12.4. The molecule has 1 aromatic carbocycles. The molecule has 0 saturated carbocycles. The highest BCUT2D eigenvalue weighted by atomic mass is 79.9. The minimum atomic E-state index is -0.316. The summed E-state index contributed by atoms with van der Waals surface area (Å²) < 4.78 is 24.9. The minimum Gasteiger partial charge on any atom is -0.493 e. The van der Waals surface area contributed by atoms with Crippen LogP contribution in [0.4, 0.5) is 4.39 Å². The molecule has 0 heterocycles. The SMILES string of the molecule is COc1cc(Br)c(F)c(C(C)CCN)c1OC. The largest absolute Gasteiger partial charge is 0.493 e. The third kappa shape index (κ3) is 2.90. The van der Waals surface area contributed by atoms with E-state index in [4.69, 9.17) is 15.2 Å². The van der Waals surface area contributed by atoms with Gasteiger partial charge in [0, 0.05) is 11.6 Å². The first-order valence-corrected chi connectivity index (χ1v) is 6.16. The fourth-order valence-electron chi connectivity index (χ4n) is 1.80. The van der Waals surface area contributed by atoms with Crippen LogP contribution in [-0.4, -0.2) is 20.8 Å². The van der Waals surface area contributed by atoms with E-state index < -0.39 is 0 Å². The van der Waals surface area contributed by atoms with E-state index in [1.807, 2.05) is 6.92 Å². The second kappa shape index (κ2) is 6.21. The molecule has 3 nitrogen and oxygen atoms in total. The first kappa shape index (κ1) is 14.3. The number of rotatable bonds is 5. The van der Waals surface area contributed by atoms with Crippen LogP contribution in [0.5, 0.6) is 11.5 Å². The van der Waals surface area contributed by atoms with Crippen molar-refractivity contribution in [3.8, 4) is 11.5 Å². The van der Waals surface area contributed by atoms with Crippen molar-refractivity contribution in [2.24, 2.45) is 5.73 Å². The lowest BCUT2D eigenvalue weighted by Crippen LogP contribution is -2.09. The number of hydrogen-bond donors (Lipinski definition) is 1. The Morgan fingerprint density at radius 3 is 2.53 bits per heavy atom. The van der Waals surface area contributed by atoms with E-state index in [2.05, 4.69) is 15.9 Å². The first-order valence-electron chi connectivity index (χ1n) is 5.36. The van der Waals surface area contributed by atoms with E-state index in [-0.39, 0.29) is 11.7 Å². The highest BCUT2D eigenvalue weighted by Crippen LogP contribution is 2.41. The molecule has 0 bridgehead atoms. The molecule has 1 rings (SSSR count). The lowest BCUT2D eigenvalue weighted by molar-refractivity contribution is 0.344. The van der Waals surface area contributed by atoms with Crippen LogP contribution >= 0.6 is 15.9 Å². The summed E-state index contributed by atoms with van der Waals surface area (Å²) in [5.74, 6) is 0.610. The molecule has 5 heteroatoms. The Labute approximate surface area is 109 Å². The van der Waals surface area contributed by atoms with E-state index in [0.29, 0.717) is 34.5 Å². The Morgan fingerprint density at radius 2 is 2.06 bits per heavy atom. The van der Waals surface area contributed by atoms with E-state index >= 15 is 0 Å². The van der Waals surface area contributed by atoms with Crippen LogP contribution in [-0.2, 0) is 0 Å². The van der Waals surface area contributed by atoms with Gasteiger partial charge in [0.05, 0.1) is 18.7 Å². The summed E-state index contributed by atoms with van der Waals surface area (Å²) >= 11 is 3.18. The van der Waals surface area contributed by atoms with Gasteiger partial charge in [-0.1, -0.05) is 6.92 Å². The van der Waals surface area contributed by atoms with Gasteiger partial charge in [0.1, 0.15) is 5.82 Å². The van der Waals surface area contributed by atoms with Crippen molar-refractivity contribution in [1.82, 2.24) is 0 Å². The second-order valence-corrected chi connectivity index (χ2v) is 4.65. The molecule has 1 aromatic rings. The van der Waals surface area contributed by atoms with Crippen molar-refractivity contribution in [1.29, 1.82) is 0 Å². The van der Waals surface area contributed by atoms with Crippen LogP contribution in [0.3, 0.4) is 0 Å². The van der Waals surface area contributed by atoms with E-state index in [9.17, 15) is 4.39 Å². The highest BCUT2D eigenvalue weighted by molar-refractivity contribution is 9.10. The molecule has 17 heavy (non-hydrogen) atoms. The van der Waals surface area contributed by atoms with Crippen LogP contribution in [0.15, 0.2) is 10.5 Å². The maximum Gasteiger partial charge on any atom is 0.167 e. The Balaban J connectivity index is 3.37. The monoisotopic (exact) mass is 305 g/mol. The fourth-order valence-corrected chi connectivity index (χ4v) is 2.22. The molecule has 0 spiro atoms. The number of ether oxygens (including phenoxy) is 2. The molecule has 2 N–H and O–H groups in total. The average Bonchev–Trinajstić information content (AvgIpc) is 2.31. The molecule has 0 fully saturated rings. The molecule has 0 aliphatic rings. The van der Waals surface area contributed by atoms with Gasteiger partial charge in [-0.2, -0.15) is 0 Å². The number of halogens is 2. The standard InChI is InChI=1S/C12H17BrFNO2/c1-7(4-5-15)10-11(14)8(13)6-9(16-2)12(10)17-3/h6-7H,4-5,15H2,1-3H3. The molecule has 1 unspecified atom stereocenters. The van der Waals surface area contributed by atoms with Gasteiger partial charge in [0.15, 0.2) is 11.5 Å². The summed E-state index contributed by atoms with van der Waals surface area (Å²) in [6.07, 6.45) is 0.687. The third-order valence-electron chi connectivity index (χ3n) is 2.69. The molecule has 0 radical (unpaired) electrons. The van der Waals surface area contributed by atoms with Gasteiger partial charge in [0.25, 0.3) is 0 Å². The van der Waals surface area contributed by atoms with Gasteiger partial charge in [-0.25, -0.2) is 4.39 Å². The van der Waals surface area contributed by atoms with Crippen molar-refractivity contribution in [3.63, 3.8) is 0 Å². The van der Waals surface area contributed by atoms with E-state index in [1.54, 1.807) is 6.07 Å². The van der Waals surface area contributed by atoms with Crippen LogP contribution in [0.25, 0.3) is 0 Å². The molecular formula is C12H17BrFNO2. The van der Waals surface area contributed by atoms with Crippen molar-refractivity contribution in [3.05, 3.63) is 21.9 Å². The summed E-state index contributed by atoms with van der Waals surface area (Å²) in [6.45, 7) is 2.41. The van der Waals surface area contributed by atoms with Crippen molar-refractivity contribution in [2.45, 2.75) is 19.3 Å². The van der Waals surface area contributed by atoms with Gasteiger partial charge in [-0.3, -0.25) is 0 Å². The molecule has 0 amide bonds. The number of benzene rings is 1. The van der Waals surface area contributed by atoms with Crippen LogP contribution in [0.2, 0.25) is 0 Å². The van der Waals surface area contributed by atoms with Crippen molar-refractivity contribution < 1.29 is 13.9 Å². The predicted molar refractivity (Wildman–Crippen MR) is 69.3 cm³/mol. The minimum absolute atomic E-state index is 0.0265. The fraction of sp³-hybridized carbons (Fsp3) is 0.500. The number of methoxy groups -OCH3 is 2. The van der Waals surface area contributed by atoms with Gasteiger partial charge in [-0.05, 0) is 34.8 Å². The van der Waals surface area contributed by atoms with Gasteiger partial charge in [-0.15, -0.1) is 0 Å². The zero-order valence-corrected chi connectivity index (χ0v) is 11.8. The second-order valence-electron chi connectivity index (χ2n) is 3.80. The molecule has 0 aromatic heterocycles. The van der Waals surface area contributed by atoms with Gasteiger partial charge in [0.2, 0.25) is 0 Å². The summed E-state index contributed by atoms with van der Waals surface area (Å²) in [7, 11) is 3.03. The first-order chi connectivity index (χ1) is 8.06. The van der Waals surface area contributed by atoms with Crippen LogP contribution in [0, 0.1) is 5.82 Å². The topological polar surface area (TPSA) is 44.5 Å². The van der Waals surface area contributed by atoms with Crippen molar-refractivity contribution in [2.75, 3.05) is 20.8 Å². The summed E-state index contributed by atoms with van der Waals surface area (Å²) in [5, 5.41) is 0. The van der Waals surface area contributed by atoms with Gasteiger partial charge < -0.3 is 15.2 Å². The quantitative estimate of drug-likeness (QED) is 0.909. The molecule has 96 valence electrons. The maximum atomic E-state index is 14.1. The maximum absolute atomic E-state index is 14.1. The smallest absolute Gasteiger partial charge is 0.167 e.